The van der Waals surface area contributed by atoms with Crippen molar-refractivity contribution in [1.82, 2.24) is 0 Å². The number of anilines is 1. The smallest absolute Gasteiger partial charge is 0.337 e. The Kier molecular flexibility index (Phi) is 3.07. The first-order valence-corrected chi connectivity index (χ1v) is 5.95. The molecule has 0 atom stereocenters. The Morgan fingerprint density at radius 1 is 1.24 bits per heavy atom. The highest BCUT2D eigenvalue weighted by molar-refractivity contribution is 5.93. The van der Waals surface area contributed by atoms with Crippen LogP contribution in [0.25, 0.3) is 0 Å². The van der Waals surface area contributed by atoms with Gasteiger partial charge in [-0.15, -0.1) is 0 Å². The number of carbonyl (C=O) groups is 1. The Morgan fingerprint density at radius 3 is 2.41 bits per heavy atom. The lowest BCUT2D eigenvalue weighted by atomic mass is 9.77. The molecule has 4 nitrogen and oxygen atoms in total. The van der Waals surface area contributed by atoms with Crippen molar-refractivity contribution in [2.24, 2.45) is 5.73 Å². The first-order valence-electron chi connectivity index (χ1n) is 5.95. The molecular formula is C13H18N2O2. The van der Waals surface area contributed by atoms with Crippen LogP contribution in [-0.2, 0) is 5.54 Å². The molecule has 1 aliphatic rings. The molecule has 1 fully saturated rings. The van der Waals surface area contributed by atoms with E-state index in [-0.39, 0.29) is 11.1 Å². The van der Waals surface area contributed by atoms with Crippen molar-refractivity contribution in [1.29, 1.82) is 0 Å². The van der Waals surface area contributed by atoms with Gasteiger partial charge < -0.3 is 16.6 Å². The van der Waals surface area contributed by atoms with Gasteiger partial charge in [0.05, 0.1) is 5.56 Å². The van der Waals surface area contributed by atoms with Gasteiger partial charge in [0, 0.05) is 11.2 Å². The maximum absolute atomic E-state index is 10.9. The molecule has 92 valence electrons. The van der Waals surface area contributed by atoms with Crippen LogP contribution in [-0.4, -0.2) is 11.1 Å². The van der Waals surface area contributed by atoms with E-state index in [1.807, 2.05) is 0 Å². The second-order valence-electron chi connectivity index (χ2n) is 4.82. The van der Waals surface area contributed by atoms with E-state index in [1.54, 1.807) is 18.2 Å². The summed E-state index contributed by atoms with van der Waals surface area (Å²) in [6.45, 7) is 0. The van der Waals surface area contributed by atoms with E-state index in [1.165, 1.54) is 6.42 Å². The molecule has 2 rings (SSSR count). The quantitative estimate of drug-likeness (QED) is 0.683. The van der Waals surface area contributed by atoms with Crippen molar-refractivity contribution in [2.45, 2.75) is 37.6 Å². The zero-order valence-electron chi connectivity index (χ0n) is 9.78. The zero-order chi connectivity index (χ0) is 12.5. The molecule has 1 aromatic rings. The summed E-state index contributed by atoms with van der Waals surface area (Å²) < 4.78 is 0. The van der Waals surface area contributed by atoms with Crippen LogP contribution in [0.1, 0.15) is 48.0 Å². The van der Waals surface area contributed by atoms with Gasteiger partial charge in [-0.2, -0.15) is 0 Å². The Morgan fingerprint density at radius 2 is 1.88 bits per heavy atom. The van der Waals surface area contributed by atoms with Crippen LogP contribution in [0.4, 0.5) is 5.69 Å². The molecule has 1 saturated carbocycles. The molecule has 17 heavy (non-hydrogen) atoms. The third-order valence-electron chi connectivity index (χ3n) is 3.60. The number of rotatable bonds is 2. The minimum atomic E-state index is -0.997. The second kappa shape index (κ2) is 4.37. The highest BCUT2D eigenvalue weighted by atomic mass is 16.4. The molecule has 0 aliphatic heterocycles. The summed E-state index contributed by atoms with van der Waals surface area (Å²) >= 11 is 0. The lowest BCUT2D eigenvalue weighted by molar-refractivity contribution is 0.0698. The average molecular weight is 234 g/mol. The number of nitrogen functional groups attached to an aromatic ring is 1. The van der Waals surface area contributed by atoms with Crippen molar-refractivity contribution in [2.75, 3.05) is 5.73 Å². The fraction of sp³-hybridized carbons (Fsp3) is 0.462. The van der Waals surface area contributed by atoms with E-state index >= 15 is 0 Å². The van der Waals surface area contributed by atoms with E-state index in [2.05, 4.69) is 0 Å². The Bertz CT molecular complexity index is 437. The van der Waals surface area contributed by atoms with E-state index in [0.717, 1.165) is 31.2 Å². The van der Waals surface area contributed by atoms with Gasteiger partial charge in [0.15, 0.2) is 0 Å². The largest absolute Gasteiger partial charge is 0.478 e. The van der Waals surface area contributed by atoms with Crippen LogP contribution < -0.4 is 11.5 Å². The molecule has 4 heteroatoms. The van der Waals surface area contributed by atoms with E-state index in [4.69, 9.17) is 16.6 Å². The number of aromatic carboxylic acids is 1. The van der Waals surface area contributed by atoms with Crippen molar-refractivity contribution >= 4 is 11.7 Å². The van der Waals surface area contributed by atoms with E-state index < -0.39 is 5.97 Å². The van der Waals surface area contributed by atoms with Crippen molar-refractivity contribution in [3.8, 4) is 0 Å². The summed E-state index contributed by atoms with van der Waals surface area (Å²) in [7, 11) is 0. The first kappa shape index (κ1) is 11.9. The van der Waals surface area contributed by atoms with Crippen molar-refractivity contribution in [3.63, 3.8) is 0 Å². The molecule has 0 saturated heterocycles. The Labute approximate surface area is 101 Å². The minimum Gasteiger partial charge on any atom is -0.478 e. The standard InChI is InChI=1S/C13H18N2O2/c14-11-8-9(4-5-10(11)12(16)17)13(15)6-2-1-3-7-13/h4-5,8H,1-3,6-7,14-15H2,(H,16,17). The van der Waals surface area contributed by atoms with Crippen LogP contribution in [0.15, 0.2) is 18.2 Å². The minimum absolute atomic E-state index is 0.146. The molecule has 0 aromatic heterocycles. The van der Waals surface area contributed by atoms with E-state index in [0.29, 0.717) is 5.69 Å². The van der Waals surface area contributed by atoms with Crippen LogP contribution in [0.5, 0.6) is 0 Å². The molecule has 0 spiro atoms. The third kappa shape index (κ3) is 2.26. The number of carboxylic acid groups (broad SMARTS) is 1. The highest BCUT2D eigenvalue weighted by Crippen LogP contribution is 2.35. The number of hydrogen-bond donors (Lipinski definition) is 3. The lowest BCUT2D eigenvalue weighted by Crippen LogP contribution is -2.38. The number of nitrogens with two attached hydrogens (primary N) is 2. The highest BCUT2D eigenvalue weighted by Gasteiger charge is 2.29. The zero-order valence-corrected chi connectivity index (χ0v) is 9.78. The van der Waals surface area contributed by atoms with Crippen LogP contribution in [0.3, 0.4) is 0 Å². The Balaban J connectivity index is 2.33. The van der Waals surface area contributed by atoms with Gasteiger partial charge in [-0.05, 0) is 30.5 Å². The summed E-state index contributed by atoms with van der Waals surface area (Å²) in [5.41, 5.74) is 13.2. The second-order valence-corrected chi connectivity index (χ2v) is 4.82. The maximum Gasteiger partial charge on any atom is 0.337 e. The first-order chi connectivity index (χ1) is 8.03. The number of carboxylic acids is 1. The maximum atomic E-state index is 10.9. The fourth-order valence-corrected chi connectivity index (χ4v) is 2.54. The summed E-state index contributed by atoms with van der Waals surface area (Å²) in [4.78, 5) is 10.9. The van der Waals surface area contributed by atoms with Gasteiger partial charge in [-0.3, -0.25) is 0 Å². The third-order valence-corrected chi connectivity index (χ3v) is 3.60. The molecule has 5 N–H and O–H groups in total. The van der Waals surface area contributed by atoms with E-state index in [9.17, 15) is 4.79 Å². The fourth-order valence-electron chi connectivity index (χ4n) is 2.54. The molecule has 0 bridgehead atoms. The summed E-state index contributed by atoms with van der Waals surface area (Å²) in [6, 6.07) is 5.07. The molecule has 0 radical (unpaired) electrons. The van der Waals surface area contributed by atoms with Crippen LogP contribution in [0, 0.1) is 0 Å². The molecular weight excluding hydrogens is 216 g/mol. The molecule has 0 heterocycles. The average Bonchev–Trinajstić information content (AvgIpc) is 2.29. The predicted octanol–water partition coefficient (Wildman–Crippen LogP) is 2.09. The number of hydrogen-bond acceptors (Lipinski definition) is 3. The monoisotopic (exact) mass is 234 g/mol. The molecule has 1 aromatic carbocycles. The van der Waals surface area contributed by atoms with Crippen molar-refractivity contribution in [3.05, 3.63) is 29.3 Å². The lowest BCUT2D eigenvalue weighted by Gasteiger charge is -2.34. The predicted molar refractivity (Wildman–Crippen MR) is 66.8 cm³/mol. The molecule has 0 amide bonds. The summed E-state index contributed by atoms with van der Waals surface area (Å²) in [5, 5.41) is 8.92. The SMILES string of the molecule is Nc1cc(C2(N)CCCCC2)ccc1C(=O)O. The Hall–Kier alpha value is -1.55. The van der Waals surface area contributed by atoms with Gasteiger partial charge in [-0.25, -0.2) is 4.79 Å². The van der Waals surface area contributed by atoms with Crippen LogP contribution in [0.2, 0.25) is 0 Å². The van der Waals surface area contributed by atoms with Gasteiger partial charge in [-0.1, -0.05) is 25.3 Å². The van der Waals surface area contributed by atoms with Gasteiger partial charge in [0.2, 0.25) is 0 Å². The number of benzene rings is 1. The van der Waals surface area contributed by atoms with Crippen molar-refractivity contribution < 1.29 is 9.90 Å². The topological polar surface area (TPSA) is 89.3 Å². The summed E-state index contributed by atoms with van der Waals surface area (Å²) in [6.07, 6.45) is 5.35. The summed E-state index contributed by atoms with van der Waals surface area (Å²) in [5.74, 6) is -0.997. The van der Waals surface area contributed by atoms with Gasteiger partial charge >= 0.3 is 5.97 Å². The van der Waals surface area contributed by atoms with Gasteiger partial charge in [0.1, 0.15) is 0 Å². The molecule has 0 unspecified atom stereocenters. The molecule has 1 aliphatic carbocycles. The van der Waals surface area contributed by atoms with Crippen LogP contribution >= 0.6 is 0 Å². The normalized spacial score (nSPS) is 18.9. The van der Waals surface area contributed by atoms with Gasteiger partial charge in [0.25, 0.3) is 0 Å².